The van der Waals surface area contributed by atoms with Crippen LogP contribution in [-0.2, 0) is 6.42 Å². The van der Waals surface area contributed by atoms with Crippen LogP contribution in [-0.4, -0.2) is 10.2 Å². The van der Waals surface area contributed by atoms with Crippen molar-refractivity contribution in [1.82, 2.24) is 0 Å². The van der Waals surface area contributed by atoms with Crippen LogP contribution in [0.3, 0.4) is 0 Å². The van der Waals surface area contributed by atoms with Gasteiger partial charge >= 0.3 is 0 Å². The summed E-state index contributed by atoms with van der Waals surface area (Å²) >= 11 is 0. The van der Waals surface area contributed by atoms with Crippen LogP contribution >= 0.6 is 0 Å². The van der Waals surface area contributed by atoms with Gasteiger partial charge in [-0.05, 0) is 54.8 Å². The van der Waals surface area contributed by atoms with Crippen molar-refractivity contribution in [1.29, 1.82) is 0 Å². The van der Waals surface area contributed by atoms with E-state index in [9.17, 15) is 10.2 Å². The zero-order chi connectivity index (χ0) is 14.4. The van der Waals surface area contributed by atoms with E-state index in [1.165, 1.54) is 12.8 Å². The molecule has 0 aliphatic rings. The molecule has 0 fully saturated rings. The fourth-order valence-electron chi connectivity index (χ4n) is 2.03. The summed E-state index contributed by atoms with van der Waals surface area (Å²) in [6.45, 7) is 2.17. The highest BCUT2D eigenvalue weighted by molar-refractivity contribution is 5.45. The van der Waals surface area contributed by atoms with Crippen LogP contribution in [0.5, 0.6) is 23.0 Å². The Kier molecular flexibility index (Phi) is 4.88. The molecule has 0 aromatic heterocycles. The highest BCUT2D eigenvalue weighted by atomic mass is 16.5. The topological polar surface area (TPSA) is 49.7 Å². The summed E-state index contributed by atoms with van der Waals surface area (Å²) in [5.41, 5.74) is 1.12. The van der Waals surface area contributed by atoms with E-state index in [4.69, 9.17) is 4.74 Å². The van der Waals surface area contributed by atoms with Gasteiger partial charge < -0.3 is 14.9 Å². The number of phenolic OH excluding ortho intramolecular Hbond substituents is 2. The van der Waals surface area contributed by atoms with Crippen LogP contribution in [0, 0.1) is 0 Å². The minimum atomic E-state index is 0.145. The maximum Gasteiger partial charge on any atom is 0.169 e. The van der Waals surface area contributed by atoms with Gasteiger partial charge in [0.05, 0.1) is 0 Å². The molecule has 0 aliphatic carbocycles. The van der Waals surface area contributed by atoms with Gasteiger partial charge in [0.1, 0.15) is 11.5 Å². The molecule has 0 spiro atoms. The second-order valence-corrected chi connectivity index (χ2v) is 4.86. The minimum absolute atomic E-state index is 0.145. The molecule has 0 saturated carbocycles. The third-order valence-corrected chi connectivity index (χ3v) is 3.16. The van der Waals surface area contributed by atoms with Gasteiger partial charge in [-0.2, -0.15) is 0 Å². The highest BCUT2D eigenvalue weighted by Crippen LogP contribution is 2.32. The molecule has 2 aromatic carbocycles. The van der Waals surface area contributed by atoms with E-state index >= 15 is 0 Å². The molecular weight excluding hydrogens is 252 g/mol. The summed E-state index contributed by atoms with van der Waals surface area (Å²) in [7, 11) is 0. The lowest BCUT2D eigenvalue weighted by molar-refractivity contribution is 0.409. The fraction of sp³-hybridized carbons (Fsp3) is 0.294. The molecule has 0 atom stereocenters. The molecule has 0 heterocycles. The fourth-order valence-corrected chi connectivity index (χ4v) is 2.03. The summed E-state index contributed by atoms with van der Waals surface area (Å²) in [6.07, 6.45) is 4.50. The summed E-state index contributed by atoms with van der Waals surface area (Å²) < 4.78 is 5.58. The Bertz CT molecular complexity index is 547. The quantitative estimate of drug-likeness (QED) is 0.754. The van der Waals surface area contributed by atoms with Crippen LogP contribution in [0.15, 0.2) is 42.5 Å². The van der Waals surface area contributed by atoms with E-state index in [-0.39, 0.29) is 11.5 Å². The molecule has 20 heavy (non-hydrogen) atoms. The molecule has 0 bridgehead atoms. The number of hydrogen-bond acceptors (Lipinski definition) is 3. The minimum Gasteiger partial charge on any atom is -0.508 e. The Morgan fingerprint density at radius 3 is 2.35 bits per heavy atom. The first-order valence-corrected chi connectivity index (χ1v) is 6.98. The zero-order valence-electron chi connectivity index (χ0n) is 11.7. The first-order valence-electron chi connectivity index (χ1n) is 6.98. The van der Waals surface area contributed by atoms with Crippen molar-refractivity contribution in [3.63, 3.8) is 0 Å². The van der Waals surface area contributed by atoms with Crippen LogP contribution < -0.4 is 4.74 Å². The van der Waals surface area contributed by atoms with Crippen LogP contribution in [0.25, 0.3) is 0 Å². The Balaban J connectivity index is 2.03. The van der Waals surface area contributed by atoms with Crippen LogP contribution in [0.2, 0.25) is 0 Å². The van der Waals surface area contributed by atoms with Crippen molar-refractivity contribution in [2.45, 2.75) is 32.6 Å². The molecule has 3 heteroatoms. The first-order chi connectivity index (χ1) is 9.69. The summed E-state index contributed by atoms with van der Waals surface area (Å²) in [6, 6.07) is 11.9. The van der Waals surface area contributed by atoms with E-state index in [1.54, 1.807) is 36.4 Å². The number of aryl methyl sites for hydroxylation is 1. The molecule has 0 radical (unpaired) electrons. The largest absolute Gasteiger partial charge is 0.508 e. The van der Waals surface area contributed by atoms with Gasteiger partial charge in [0, 0.05) is 0 Å². The van der Waals surface area contributed by atoms with Crippen LogP contribution in [0.1, 0.15) is 31.7 Å². The van der Waals surface area contributed by atoms with E-state index in [0.29, 0.717) is 11.5 Å². The van der Waals surface area contributed by atoms with Crippen molar-refractivity contribution in [2.24, 2.45) is 0 Å². The molecule has 106 valence electrons. The molecule has 3 nitrogen and oxygen atoms in total. The van der Waals surface area contributed by atoms with Gasteiger partial charge in [-0.1, -0.05) is 25.8 Å². The van der Waals surface area contributed by atoms with Crippen molar-refractivity contribution in [3.8, 4) is 23.0 Å². The lowest BCUT2D eigenvalue weighted by Gasteiger charge is -2.09. The highest BCUT2D eigenvalue weighted by Gasteiger charge is 2.05. The van der Waals surface area contributed by atoms with Gasteiger partial charge in [-0.15, -0.1) is 0 Å². The Morgan fingerprint density at radius 2 is 1.70 bits per heavy atom. The molecule has 2 aromatic rings. The van der Waals surface area contributed by atoms with Gasteiger partial charge in [0.25, 0.3) is 0 Å². The number of ether oxygens (including phenoxy) is 1. The molecule has 2 N–H and O–H groups in total. The third-order valence-electron chi connectivity index (χ3n) is 3.16. The number of aromatic hydroxyl groups is 2. The predicted octanol–water partition coefficient (Wildman–Crippen LogP) is 4.62. The predicted molar refractivity (Wildman–Crippen MR) is 79.5 cm³/mol. The Labute approximate surface area is 119 Å². The van der Waals surface area contributed by atoms with E-state index in [2.05, 4.69) is 6.92 Å². The summed E-state index contributed by atoms with van der Waals surface area (Å²) in [4.78, 5) is 0. The molecule has 0 aliphatic heterocycles. The smallest absolute Gasteiger partial charge is 0.169 e. The van der Waals surface area contributed by atoms with Gasteiger partial charge in [0.2, 0.25) is 0 Å². The van der Waals surface area contributed by atoms with Crippen molar-refractivity contribution in [2.75, 3.05) is 0 Å². The van der Waals surface area contributed by atoms with Crippen LogP contribution in [0.4, 0.5) is 0 Å². The molecular formula is C17H20O3. The van der Waals surface area contributed by atoms with E-state index in [0.717, 1.165) is 18.4 Å². The first kappa shape index (κ1) is 14.3. The molecule has 0 unspecified atom stereocenters. The summed E-state index contributed by atoms with van der Waals surface area (Å²) in [5.74, 6) is 1.34. The number of benzene rings is 2. The van der Waals surface area contributed by atoms with Gasteiger partial charge in [-0.3, -0.25) is 0 Å². The second-order valence-electron chi connectivity index (χ2n) is 4.86. The standard InChI is InChI=1S/C17H20O3/c1-2-3-4-5-13-6-11-17(16(19)12-13)20-15-9-7-14(18)8-10-15/h6-12,18-19H,2-5H2,1H3. The Hall–Kier alpha value is -2.16. The molecule has 0 amide bonds. The number of rotatable bonds is 6. The normalized spacial score (nSPS) is 10.4. The van der Waals surface area contributed by atoms with E-state index < -0.39 is 0 Å². The lowest BCUT2D eigenvalue weighted by Crippen LogP contribution is -1.88. The Morgan fingerprint density at radius 1 is 0.950 bits per heavy atom. The third kappa shape index (κ3) is 3.92. The lowest BCUT2D eigenvalue weighted by atomic mass is 10.1. The van der Waals surface area contributed by atoms with Crippen molar-refractivity contribution < 1.29 is 14.9 Å². The number of phenols is 2. The van der Waals surface area contributed by atoms with Crippen molar-refractivity contribution in [3.05, 3.63) is 48.0 Å². The average molecular weight is 272 g/mol. The van der Waals surface area contributed by atoms with E-state index in [1.807, 2.05) is 6.07 Å². The summed E-state index contributed by atoms with van der Waals surface area (Å²) in [5, 5.41) is 19.2. The maximum atomic E-state index is 9.99. The molecule has 0 saturated heterocycles. The van der Waals surface area contributed by atoms with Crippen molar-refractivity contribution >= 4 is 0 Å². The average Bonchev–Trinajstić information content (AvgIpc) is 2.44. The SMILES string of the molecule is CCCCCc1ccc(Oc2ccc(O)cc2)c(O)c1. The van der Waals surface area contributed by atoms with Gasteiger partial charge in [-0.25, -0.2) is 0 Å². The number of unbranched alkanes of at least 4 members (excludes halogenated alkanes) is 2. The maximum absolute atomic E-state index is 9.99. The molecule has 2 rings (SSSR count). The van der Waals surface area contributed by atoms with Gasteiger partial charge in [0.15, 0.2) is 11.5 Å². The zero-order valence-corrected chi connectivity index (χ0v) is 11.7. The second kappa shape index (κ2) is 6.85. The monoisotopic (exact) mass is 272 g/mol. The number of hydrogen-bond donors (Lipinski definition) is 2.